The molecular weight excluding hydrogens is 346 g/mol. The molecule has 24 heavy (non-hydrogen) atoms. The molecule has 122 valence electrons. The molecule has 0 saturated heterocycles. The van der Waals surface area contributed by atoms with E-state index in [4.69, 9.17) is 16.3 Å². The topological polar surface area (TPSA) is 70.3 Å². The Labute approximate surface area is 148 Å². The molecule has 4 nitrogen and oxygen atoms in total. The first-order chi connectivity index (χ1) is 11.6. The summed E-state index contributed by atoms with van der Waals surface area (Å²) in [7, 11) is 0. The smallest absolute Gasteiger partial charge is 0.346 e. The van der Waals surface area contributed by atoms with Crippen LogP contribution in [0.15, 0.2) is 30.3 Å². The standard InChI is InChI=1S/C18H14ClNO3S/c19-13-3-1-11(2-4-13)9-14-15(10-20)16(24-17(14)18(21)22)12-5-7-23-8-6-12/h1-5H,6-9H2,(H,21,22). The SMILES string of the molecule is N#Cc1c(C2=CCOCC2)sc(C(=O)O)c1Cc1ccc(Cl)cc1. The maximum atomic E-state index is 11.7. The summed E-state index contributed by atoms with van der Waals surface area (Å²) in [6, 6.07) is 9.43. The van der Waals surface area contributed by atoms with Crippen molar-refractivity contribution in [3.63, 3.8) is 0 Å². The van der Waals surface area contributed by atoms with Crippen LogP contribution in [-0.4, -0.2) is 24.3 Å². The van der Waals surface area contributed by atoms with Crippen molar-refractivity contribution in [1.82, 2.24) is 0 Å². The number of aromatic carboxylic acids is 1. The van der Waals surface area contributed by atoms with Crippen LogP contribution >= 0.6 is 22.9 Å². The Hall–Kier alpha value is -2.13. The van der Waals surface area contributed by atoms with Crippen molar-refractivity contribution in [2.45, 2.75) is 12.8 Å². The van der Waals surface area contributed by atoms with E-state index in [2.05, 4.69) is 6.07 Å². The zero-order valence-electron chi connectivity index (χ0n) is 12.7. The minimum absolute atomic E-state index is 0.226. The van der Waals surface area contributed by atoms with Gasteiger partial charge in [0.1, 0.15) is 10.9 Å². The highest BCUT2D eigenvalue weighted by molar-refractivity contribution is 7.15. The van der Waals surface area contributed by atoms with Gasteiger partial charge in [0.15, 0.2) is 0 Å². The summed E-state index contributed by atoms with van der Waals surface area (Å²) in [5.74, 6) is -1.00. The maximum Gasteiger partial charge on any atom is 0.346 e. The zero-order valence-corrected chi connectivity index (χ0v) is 14.3. The monoisotopic (exact) mass is 359 g/mol. The molecule has 0 fully saturated rings. The quantitative estimate of drug-likeness (QED) is 0.880. The first-order valence-electron chi connectivity index (χ1n) is 7.40. The van der Waals surface area contributed by atoms with Crippen LogP contribution in [0.25, 0.3) is 5.57 Å². The van der Waals surface area contributed by atoms with Gasteiger partial charge in [0.2, 0.25) is 0 Å². The molecule has 1 aliphatic heterocycles. The van der Waals surface area contributed by atoms with Gasteiger partial charge in [-0.3, -0.25) is 0 Å². The van der Waals surface area contributed by atoms with Crippen LogP contribution in [0, 0.1) is 11.3 Å². The third-order valence-corrected chi connectivity index (χ3v) is 5.41. The van der Waals surface area contributed by atoms with Crippen molar-refractivity contribution in [2.24, 2.45) is 0 Å². The van der Waals surface area contributed by atoms with Gasteiger partial charge < -0.3 is 9.84 Å². The molecule has 1 aromatic carbocycles. The number of thiophene rings is 1. The number of carboxylic acids is 1. The number of rotatable bonds is 4. The van der Waals surface area contributed by atoms with Gasteiger partial charge in [0.25, 0.3) is 0 Å². The zero-order chi connectivity index (χ0) is 17.1. The molecule has 0 amide bonds. The number of carbonyl (C=O) groups is 1. The minimum atomic E-state index is -1.00. The molecule has 2 heterocycles. The lowest BCUT2D eigenvalue weighted by molar-refractivity contribution is 0.0701. The molecule has 0 spiro atoms. The summed E-state index contributed by atoms with van der Waals surface area (Å²) in [6.07, 6.45) is 3.00. The van der Waals surface area contributed by atoms with Gasteiger partial charge in [-0.1, -0.05) is 29.8 Å². The Kier molecular flexibility index (Phi) is 5.00. The summed E-state index contributed by atoms with van der Waals surface area (Å²) >= 11 is 7.07. The Morgan fingerprint density at radius 2 is 2.12 bits per heavy atom. The van der Waals surface area contributed by atoms with Crippen molar-refractivity contribution in [3.8, 4) is 6.07 Å². The van der Waals surface area contributed by atoms with Gasteiger partial charge in [-0.05, 0) is 29.7 Å². The van der Waals surface area contributed by atoms with E-state index in [0.29, 0.717) is 42.2 Å². The van der Waals surface area contributed by atoms with E-state index in [1.54, 1.807) is 12.1 Å². The number of nitriles is 1. The Morgan fingerprint density at radius 3 is 2.71 bits per heavy atom. The van der Waals surface area contributed by atoms with Gasteiger partial charge in [0, 0.05) is 21.9 Å². The molecule has 1 aliphatic rings. The number of ether oxygens (including phenoxy) is 1. The molecule has 0 unspecified atom stereocenters. The first-order valence-corrected chi connectivity index (χ1v) is 8.60. The highest BCUT2D eigenvalue weighted by Crippen LogP contribution is 2.37. The lowest BCUT2D eigenvalue weighted by Gasteiger charge is -2.12. The van der Waals surface area contributed by atoms with Crippen LogP contribution in [-0.2, 0) is 11.2 Å². The van der Waals surface area contributed by atoms with E-state index in [0.717, 1.165) is 16.0 Å². The summed E-state index contributed by atoms with van der Waals surface area (Å²) in [6.45, 7) is 1.08. The van der Waals surface area contributed by atoms with E-state index in [-0.39, 0.29) is 4.88 Å². The second-order valence-corrected chi connectivity index (χ2v) is 6.85. The van der Waals surface area contributed by atoms with Crippen molar-refractivity contribution in [1.29, 1.82) is 5.26 Å². The fourth-order valence-corrected chi connectivity index (χ4v) is 3.99. The molecule has 3 rings (SSSR count). The fourth-order valence-electron chi connectivity index (χ4n) is 2.69. The van der Waals surface area contributed by atoms with E-state index in [1.807, 2.05) is 18.2 Å². The molecule has 6 heteroatoms. The Morgan fingerprint density at radius 1 is 1.38 bits per heavy atom. The lowest BCUT2D eigenvalue weighted by Crippen LogP contribution is -2.04. The molecule has 0 atom stereocenters. The first kappa shape index (κ1) is 16.7. The van der Waals surface area contributed by atoms with Crippen molar-refractivity contribution in [3.05, 3.63) is 61.8 Å². The molecule has 0 radical (unpaired) electrons. The summed E-state index contributed by atoms with van der Waals surface area (Å²) < 4.78 is 5.30. The van der Waals surface area contributed by atoms with Gasteiger partial charge >= 0.3 is 5.97 Å². The van der Waals surface area contributed by atoms with Crippen molar-refractivity contribution in [2.75, 3.05) is 13.2 Å². The lowest BCUT2D eigenvalue weighted by atomic mass is 9.97. The third-order valence-electron chi connectivity index (χ3n) is 3.86. The van der Waals surface area contributed by atoms with E-state index < -0.39 is 5.97 Å². The number of nitrogens with zero attached hydrogens (tertiary/aromatic N) is 1. The molecule has 1 N–H and O–H groups in total. The van der Waals surface area contributed by atoms with Gasteiger partial charge in [-0.25, -0.2) is 4.79 Å². The number of hydrogen-bond acceptors (Lipinski definition) is 4. The normalized spacial score (nSPS) is 14.1. The highest BCUT2D eigenvalue weighted by atomic mass is 35.5. The Bertz CT molecular complexity index is 846. The van der Waals surface area contributed by atoms with E-state index >= 15 is 0 Å². The number of hydrogen-bond donors (Lipinski definition) is 1. The predicted octanol–water partition coefficient (Wildman–Crippen LogP) is 4.37. The third kappa shape index (κ3) is 3.36. The van der Waals surface area contributed by atoms with Crippen LogP contribution in [0.3, 0.4) is 0 Å². The molecule has 2 aromatic rings. The minimum Gasteiger partial charge on any atom is -0.477 e. The van der Waals surface area contributed by atoms with Crippen LogP contribution in [0.2, 0.25) is 5.02 Å². The Balaban J connectivity index is 2.07. The van der Waals surface area contributed by atoms with Crippen molar-refractivity contribution >= 4 is 34.5 Å². The average molecular weight is 360 g/mol. The average Bonchev–Trinajstić information content (AvgIpc) is 2.96. The van der Waals surface area contributed by atoms with Crippen LogP contribution in [0.1, 0.15) is 37.7 Å². The van der Waals surface area contributed by atoms with Gasteiger partial charge in [0.05, 0.1) is 18.8 Å². The van der Waals surface area contributed by atoms with Gasteiger partial charge in [-0.2, -0.15) is 5.26 Å². The summed E-state index contributed by atoms with van der Waals surface area (Å²) in [4.78, 5) is 12.6. The molecular formula is C18H14ClNO3S. The number of halogens is 1. The van der Waals surface area contributed by atoms with Crippen molar-refractivity contribution < 1.29 is 14.6 Å². The second kappa shape index (κ2) is 7.18. The van der Waals surface area contributed by atoms with E-state index in [1.165, 1.54) is 11.3 Å². The predicted molar refractivity (Wildman–Crippen MR) is 93.7 cm³/mol. The molecule has 0 bridgehead atoms. The van der Waals surface area contributed by atoms with Crippen LogP contribution in [0.5, 0.6) is 0 Å². The second-order valence-electron chi connectivity index (χ2n) is 5.39. The molecule has 1 aromatic heterocycles. The largest absolute Gasteiger partial charge is 0.477 e. The number of benzene rings is 1. The summed E-state index contributed by atoms with van der Waals surface area (Å²) in [5, 5.41) is 19.8. The highest BCUT2D eigenvalue weighted by Gasteiger charge is 2.25. The van der Waals surface area contributed by atoms with Gasteiger partial charge in [-0.15, -0.1) is 11.3 Å². The summed E-state index contributed by atoms with van der Waals surface area (Å²) in [5.41, 5.74) is 2.94. The maximum absolute atomic E-state index is 11.7. The molecule has 0 saturated carbocycles. The van der Waals surface area contributed by atoms with Crippen LogP contribution < -0.4 is 0 Å². The molecule has 0 aliphatic carbocycles. The number of carboxylic acid groups (broad SMARTS) is 1. The van der Waals surface area contributed by atoms with E-state index in [9.17, 15) is 15.2 Å². The fraction of sp³-hybridized carbons (Fsp3) is 0.222. The van der Waals surface area contributed by atoms with Crippen LogP contribution in [0.4, 0.5) is 0 Å².